The molecule has 21 heavy (non-hydrogen) atoms. The van der Waals surface area contributed by atoms with Crippen LogP contribution in [0.15, 0.2) is 30.3 Å². The molecule has 1 heterocycles. The van der Waals surface area contributed by atoms with Gasteiger partial charge in [0.15, 0.2) is 0 Å². The Bertz CT molecular complexity index is 409. The van der Waals surface area contributed by atoms with Crippen LogP contribution in [-0.4, -0.2) is 36.1 Å². The normalized spacial score (nSPS) is 22.6. The third kappa shape index (κ3) is 4.08. The largest absolute Gasteiger partial charge is 0.308 e. The van der Waals surface area contributed by atoms with Gasteiger partial charge in [-0.3, -0.25) is 4.90 Å². The number of nitrogens with one attached hydrogen (secondary N) is 1. The lowest BCUT2D eigenvalue weighted by molar-refractivity contribution is 0.0514. The zero-order valence-corrected chi connectivity index (χ0v) is 14.2. The summed E-state index contributed by atoms with van der Waals surface area (Å²) >= 11 is 0. The van der Waals surface area contributed by atoms with Gasteiger partial charge in [0, 0.05) is 31.2 Å². The van der Waals surface area contributed by atoms with Crippen molar-refractivity contribution in [3.63, 3.8) is 0 Å². The van der Waals surface area contributed by atoms with Crippen LogP contribution in [0.1, 0.15) is 46.1 Å². The number of nitrogens with zero attached hydrogens (tertiary/aromatic N) is 1. The number of hydrogen-bond acceptors (Lipinski definition) is 2. The lowest BCUT2D eigenvalue weighted by Gasteiger charge is -2.49. The van der Waals surface area contributed by atoms with Crippen LogP contribution in [0.5, 0.6) is 0 Å². The Morgan fingerprint density at radius 1 is 1.19 bits per heavy atom. The van der Waals surface area contributed by atoms with E-state index in [1.54, 1.807) is 0 Å². The first kappa shape index (κ1) is 16.5. The lowest BCUT2D eigenvalue weighted by Crippen LogP contribution is -2.65. The van der Waals surface area contributed by atoms with Crippen LogP contribution in [0.25, 0.3) is 0 Å². The zero-order valence-electron chi connectivity index (χ0n) is 14.2. The number of piperazine rings is 1. The minimum absolute atomic E-state index is 0.322. The van der Waals surface area contributed by atoms with Gasteiger partial charge in [-0.25, -0.2) is 0 Å². The molecule has 0 bridgehead atoms. The maximum Gasteiger partial charge on any atom is 0.0304 e. The van der Waals surface area contributed by atoms with Crippen molar-refractivity contribution in [1.82, 2.24) is 10.2 Å². The highest BCUT2D eigenvalue weighted by molar-refractivity contribution is 5.15. The Hall–Kier alpha value is -0.860. The van der Waals surface area contributed by atoms with Crippen LogP contribution in [-0.2, 0) is 6.42 Å². The predicted octanol–water partition coefficient (Wildman–Crippen LogP) is 3.72. The second-order valence-electron chi connectivity index (χ2n) is 6.89. The lowest BCUT2D eigenvalue weighted by atomic mass is 9.86. The number of hydrogen-bond donors (Lipinski definition) is 1. The molecule has 0 aliphatic carbocycles. The van der Waals surface area contributed by atoms with Crippen LogP contribution in [0, 0.1) is 5.92 Å². The highest BCUT2D eigenvalue weighted by Gasteiger charge is 2.37. The molecule has 1 aliphatic rings. The molecule has 0 aromatic heterocycles. The van der Waals surface area contributed by atoms with Gasteiger partial charge >= 0.3 is 0 Å². The highest BCUT2D eigenvalue weighted by atomic mass is 15.3. The summed E-state index contributed by atoms with van der Waals surface area (Å²) in [6.07, 6.45) is 3.60. The average Bonchev–Trinajstić information content (AvgIpc) is 2.53. The molecule has 1 aliphatic heterocycles. The van der Waals surface area contributed by atoms with Crippen LogP contribution < -0.4 is 5.32 Å². The molecule has 1 saturated heterocycles. The molecule has 0 amide bonds. The SMILES string of the molecule is CCC1(CC)CN(CCc2ccccc2)C(C(C)C)CN1. The highest BCUT2D eigenvalue weighted by Crippen LogP contribution is 2.25. The molecule has 0 saturated carbocycles. The Balaban J connectivity index is 2.03. The van der Waals surface area contributed by atoms with Crippen molar-refractivity contribution in [2.75, 3.05) is 19.6 Å². The van der Waals surface area contributed by atoms with Gasteiger partial charge in [-0.2, -0.15) is 0 Å². The van der Waals surface area contributed by atoms with Crippen LogP contribution in [0.4, 0.5) is 0 Å². The summed E-state index contributed by atoms with van der Waals surface area (Å²) in [5.41, 5.74) is 1.78. The van der Waals surface area contributed by atoms with E-state index in [0.29, 0.717) is 17.5 Å². The number of rotatable bonds is 6. The molecule has 0 radical (unpaired) electrons. The van der Waals surface area contributed by atoms with Crippen LogP contribution in [0.2, 0.25) is 0 Å². The fourth-order valence-corrected chi connectivity index (χ4v) is 3.56. The van der Waals surface area contributed by atoms with Crippen molar-refractivity contribution in [2.45, 2.75) is 58.5 Å². The molecular formula is C19H32N2. The molecule has 1 aromatic carbocycles. The monoisotopic (exact) mass is 288 g/mol. The first-order valence-corrected chi connectivity index (χ1v) is 8.63. The van der Waals surface area contributed by atoms with Crippen molar-refractivity contribution in [3.8, 4) is 0 Å². The fourth-order valence-electron chi connectivity index (χ4n) is 3.56. The molecule has 1 atom stereocenters. The summed E-state index contributed by atoms with van der Waals surface area (Å²) in [6.45, 7) is 12.8. The summed E-state index contributed by atoms with van der Waals surface area (Å²) in [7, 11) is 0. The van der Waals surface area contributed by atoms with E-state index < -0.39 is 0 Å². The third-order valence-electron chi connectivity index (χ3n) is 5.31. The molecule has 2 heteroatoms. The van der Waals surface area contributed by atoms with Crippen molar-refractivity contribution in [3.05, 3.63) is 35.9 Å². The average molecular weight is 288 g/mol. The van der Waals surface area contributed by atoms with Crippen LogP contribution in [0.3, 0.4) is 0 Å². The standard InChI is InChI=1S/C19H32N2/c1-5-19(6-2)15-21(18(14-20-19)16(3)4)13-12-17-10-8-7-9-11-17/h7-11,16,18,20H,5-6,12-15H2,1-4H3. The minimum atomic E-state index is 0.322. The minimum Gasteiger partial charge on any atom is -0.308 e. The molecule has 1 fully saturated rings. The maximum absolute atomic E-state index is 3.85. The Kier molecular flexibility index (Phi) is 5.83. The molecule has 1 N–H and O–H groups in total. The van der Waals surface area contributed by atoms with Gasteiger partial charge in [-0.15, -0.1) is 0 Å². The molecule has 1 aromatic rings. The van der Waals surface area contributed by atoms with Gasteiger partial charge in [0.05, 0.1) is 0 Å². The smallest absolute Gasteiger partial charge is 0.0304 e. The quantitative estimate of drug-likeness (QED) is 0.858. The fraction of sp³-hybridized carbons (Fsp3) is 0.684. The Morgan fingerprint density at radius 2 is 1.86 bits per heavy atom. The maximum atomic E-state index is 3.85. The summed E-state index contributed by atoms with van der Waals surface area (Å²) in [5.74, 6) is 0.708. The van der Waals surface area contributed by atoms with E-state index in [1.807, 2.05) is 0 Å². The molecule has 2 rings (SSSR count). The second kappa shape index (κ2) is 7.42. The van der Waals surface area contributed by atoms with Gasteiger partial charge in [-0.05, 0) is 30.7 Å². The number of benzene rings is 1. The molecule has 2 nitrogen and oxygen atoms in total. The zero-order chi connectivity index (χ0) is 15.3. The van der Waals surface area contributed by atoms with E-state index in [9.17, 15) is 0 Å². The van der Waals surface area contributed by atoms with Gasteiger partial charge in [0.2, 0.25) is 0 Å². The van der Waals surface area contributed by atoms with Crippen molar-refractivity contribution < 1.29 is 0 Å². The van der Waals surface area contributed by atoms with E-state index in [0.717, 1.165) is 13.0 Å². The first-order chi connectivity index (χ1) is 10.1. The van der Waals surface area contributed by atoms with Gasteiger partial charge in [0.1, 0.15) is 0 Å². The van der Waals surface area contributed by atoms with E-state index in [4.69, 9.17) is 0 Å². The van der Waals surface area contributed by atoms with E-state index >= 15 is 0 Å². The topological polar surface area (TPSA) is 15.3 Å². The van der Waals surface area contributed by atoms with Crippen molar-refractivity contribution >= 4 is 0 Å². The van der Waals surface area contributed by atoms with Gasteiger partial charge in [0.25, 0.3) is 0 Å². The molecule has 0 spiro atoms. The molecule has 118 valence electrons. The van der Waals surface area contributed by atoms with E-state index in [-0.39, 0.29) is 0 Å². The Morgan fingerprint density at radius 3 is 2.43 bits per heavy atom. The predicted molar refractivity (Wildman–Crippen MR) is 91.7 cm³/mol. The van der Waals surface area contributed by atoms with E-state index in [1.165, 1.54) is 31.5 Å². The molecule has 1 unspecified atom stereocenters. The summed E-state index contributed by atoms with van der Waals surface area (Å²) < 4.78 is 0. The van der Waals surface area contributed by atoms with Gasteiger partial charge in [-0.1, -0.05) is 58.0 Å². The summed E-state index contributed by atoms with van der Waals surface area (Å²) in [4.78, 5) is 2.74. The van der Waals surface area contributed by atoms with E-state index in [2.05, 4.69) is 68.2 Å². The van der Waals surface area contributed by atoms with Crippen LogP contribution >= 0.6 is 0 Å². The summed E-state index contributed by atoms with van der Waals surface area (Å²) in [6, 6.07) is 11.6. The van der Waals surface area contributed by atoms with Gasteiger partial charge < -0.3 is 5.32 Å². The Labute approximate surface area is 130 Å². The summed E-state index contributed by atoms with van der Waals surface area (Å²) in [5, 5.41) is 3.85. The first-order valence-electron chi connectivity index (χ1n) is 8.63. The second-order valence-corrected chi connectivity index (χ2v) is 6.89. The van der Waals surface area contributed by atoms with Crippen molar-refractivity contribution in [2.24, 2.45) is 5.92 Å². The van der Waals surface area contributed by atoms with Crippen molar-refractivity contribution in [1.29, 1.82) is 0 Å². The molecular weight excluding hydrogens is 256 g/mol. The third-order valence-corrected chi connectivity index (χ3v) is 5.31.